The van der Waals surface area contributed by atoms with E-state index in [-0.39, 0.29) is 18.2 Å². The predicted octanol–water partition coefficient (Wildman–Crippen LogP) is 3.36. The Morgan fingerprint density at radius 1 is 1.00 bits per heavy atom. The quantitative estimate of drug-likeness (QED) is 0.886. The van der Waals surface area contributed by atoms with Crippen LogP contribution in [0, 0.1) is 13.8 Å². The van der Waals surface area contributed by atoms with Crippen LogP contribution in [-0.2, 0) is 16.1 Å². The summed E-state index contributed by atoms with van der Waals surface area (Å²) in [4.78, 5) is 25.7. The Morgan fingerprint density at radius 2 is 1.62 bits per heavy atom. The van der Waals surface area contributed by atoms with Gasteiger partial charge in [0.1, 0.15) is 0 Å². The molecule has 0 saturated carbocycles. The van der Waals surface area contributed by atoms with Crippen molar-refractivity contribution < 1.29 is 9.59 Å². The van der Waals surface area contributed by atoms with Gasteiger partial charge in [-0.3, -0.25) is 9.59 Å². The minimum absolute atomic E-state index is 0.0594. The van der Waals surface area contributed by atoms with Gasteiger partial charge in [-0.05, 0) is 42.7 Å². The van der Waals surface area contributed by atoms with Crippen molar-refractivity contribution in [2.75, 3.05) is 11.4 Å². The summed E-state index contributed by atoms with van der Waals surface area (Å²) >= 11 is 0. The second kappa shape index (κ2) is 8.29. The van der Waals surface area contributed by atoms with Gasteiger partial charge in [0.15, 0.2) is 0 Å². The molecule has 2 aromatic rings. The number of carbonyl (C=O) groups is 2. The van der Waals surface area contributed by atoms with Crippen LogP contribution in [0.2, 0.25) is 0 Å². The van der Waals surface area contributed by atoms with E-state index in [1.165, 1.54) is 6.92 Å². The second-order valence-electron chi connectivity index (χ2n) is 6.03. The summed E-state index contributed by atoms with van der Waals surface area (Å²) in [5.74, 6) is -0.120. The zero-order valence-electron chi connectivity index (χ0n) is 14.5. The van der Waals surface area contributed by atoms with Gasteiger partial charge in [-0.2, -0.15) is 0 Å². The van der Waals surface area contributed by atoms with E-state index in [1.807, 2.05) is 56.3 Å². The SMILES string of the molecule is CC(=O)N(CCC(=O)NCc1ccccc1)c1cc(C)cc(C)c1. The van der Waals surface area contributed by atoms with Crippen LogP contribution >= 0.6 is 0 Å². The van der Waals surface area contributed by atoms with Crippen LogP contribution in [0.15, 0.2) is 48.5 Å². The van der Waals surface area contributed by atoms with E-state index in [0.29, 0.717) is 13.1 Å². The Kier molecular flexibility index (Phi) is 6.13. The molecule has 0 bridgehead atoms. The standard InChI is InChI=1S/C20H24N2O2/c1-15-11-16(2)13-19(12-15)22(17(3)23)10-9-20(24)21-14-18-7-5-4-6-8-18/h4-8,11-13H,9-10,14H2,1-3H3,(H,21,24). The lowest BCUT2D eigenvalue weighted by Gasteiger charge is -2.22. The summed E-state index contributed by atoms with van der Waals surface area (Å²) in [5, 5.41) is 2.89. The third-order valence-electron chi connectivity index (χ3n) is 3.79. The normalized spacial score (nSPS) is 10.3. The third-order valence-corrected chi connectivity index (χ3v) is 3.79. The highest BCUT2D eigenvalue weighted by molar-refractivity contribution is 5.92. The van der Waals surface area contributed by atoms with Crippen molar-refractivity contribution in [1.29, 1.82) is 0 Å². The van der Waals surface area contributed by atoms with Gasteiger partial charge in [0.25, 0.3) is 0 Å². The minimum Gasteiger partial charge on any atom is -0.352 e. The molecule has 4 heteroatoms. The maximum atomic E-state index is 12.1. The zero-order chi connectivity index (χ0) is 17.5. The molecule has 0 atom stereocenters. The Hall–Kier alpha value is -2.62. The van der Waals surface area contributed by atoms with Crippen molar-refractivity contribution in [2.24, 2.45) is 0 Å². The highest BCUT2D eigenvalue weighted by Crippen LogP contribution is 2.19. The van der Waals surface area contributed by atoms with Crippen molar-refractivity contribution in [3.8, 4) is 0 Å². The fourth-order valence-corrected chi connectivity index (χ4v) is 2.67. The highest BCUT2D eigenvalue weighted by Gasteiger charge is 2.14. The summed E-state index contributed by atoms with van der Waals surface area (Å²) in [6.45, 7) is 6.41. The molecule has 0 unspecified atom stereocenters. The first kappa shape index (κ1) is 17.7. The number of hydrogen-bond acceptors (Lipinski definition) is 2. The molecule has 126 valence electrons. The summed E-state index contributed by atoms with van der Waals surface area (Å²) in [5.41, 5.74) is 4.11. The van der Waals surface area contributed by atoms with Gasteiger partial charge in [0.2, 0.25) is 11.8 Å². The van der Waals surface area contributed by atoms with Gasteiger partial charge in [-0.1, -0.05) is 36.4 Å². The van der Waals surface area contributed by atoms with Gasteiger partial charge < -0.3 is 10.2 Å². The molecule has 0 aromatic heterocycles. The molecule has 0 radical (unpaired) electrons. The van der Waals surface area contributed by atoms with E-state index in [1.54, 1.807) is 4.90 Å². The smallest absolute Gasteiger partial charge is 0.223 e. The van der Waals surface area contributed by atoms with Gasteiger partial charge in [-0.25, -0.2) is 0 Å². The van der Waals surface area contributed by atoms with Crippen LogP contribution in [0.1, 0.15) is 30.0 Å². The predicted molar refractivity (Wildman–Crippen MR) is 96.8 cm³/mol. The molecule has 0 saturated heterocycles. The Labute approximate surface area is 143 Å². The average molecular weight is 324 g/mol. The maximum absolute atomic E-state index is 12.1. The number of nitrogens with one attached hydrogen (secondary N) is 1. The molecule has 0 fully saturated rings. The molecule has 0 spiro atoms. The first-order chi connectivity index (χ1) is 11.5. The van der Waals surface area contributed by atoms with Gasteiger partial charge >= 0.3 is 0 Å². The molecular weight excluding hydrogens is 300 g/mol. The van der Waals surface area contributed by atoms with Crippen LogP contribution in [0.4, 0.5) is 5.69 Å². The number of aryl methyl sites for hydroxylation is 2. The molecule has 0 heterocycles. The molecule has 2 rings (SSSR count). The lowest BCUT2D eigenvalue weighted by atomic mass is 10.1. The van der Waals surface area contributed by atoms with E-state index in [4.69, 9.17) is 0 Å². The monoisotopic (exact) mass is 324 g/mol. The topological polar surface area (TPSA) is 49.4 Å². The van der Waals surface area contributed by atoms with Crippen molar-refractivity contribution in [3.63, 3.8) is 0 Å². The van der Waals surface area contributed by atoms with Crippen LogP contribution in [0.3, 0.4) is 0 Å². The first-order valence-corrected chi connectivity index (χ1v) is 8.13. The number of rotatable bonds is 6. The second-order valence-corrected chi connectivity index (χ2v) is 6.03. The van der Waals surface area contributed by atoms with Crippen molar-refractivity contribution in [1.82, 2.24) is 5.32 Å². The van der Waals surface area contributed by atoms with Crippen LogP contribution in [-0.4, -0.2) is 18.4 Å². The van der Waals surface area contributed by atoms with Gasteiger partial charge in [-0.15, -0.1) is 0 Å². The van der Waals surface area contributed by atoms with E-state index in [2.05, 4.69) is 11.4 Å². The third kappa shape index (κ3) is 5.23. The molecule has 24 heavy (non-hydrogen) atoms. The first-order valence-electron chi connectivity index (χ1n) is 8.13. The van der Waals surface area contributed by atoms with Crippen molar-refractivity contribution >= 4 is 17.5 Å². The highest BCUT2D eigenvalue weighted by atomic mass is 16.2. The summed E-state index contributed by atoms with van der Waals surface area (Å²) in [7, 11) is 0. The van der Waals surface area contributed by atoms with Gasteiger partial charge in [0, 0.05) is 32.1 Å². The van der Waals surface area contributed by atoms with Crippen LogP contribution < -0.4 is 10.2 Å². The molecule has 0 aliphatic rings. The van der Waals surface area contributed by atoms with Gasteiger partial charge in [0.05, 0.1) is 0 Å². The Balaban J connectivity index is 1.93. The molecule has 0 aliphatic carbocycles. The van der Waals surface area contributed by atoms with Crippen molar-refractivity contribution in [2.45, 2.75) is 33.7 Å². The lowest BCUT2D eigenvalue weighted by Crippen LogP contribution is -2.33. The maximum Gasteiger partial charge on any atom is 0.223 e. The molecular formula is C20H24N2O2. The number of anilines is 1. The Bertz CT molecular complexity index is 691. The number of amides is 2. The van der Waals surface area contributed by atoms with Crippen LogP contribution in [0.25, 0.3) is 0 Å². The number of nitrogens with zero attached hydrogens (tertiary/aromatic N) is 1. The van der Waals surface area contributed by atoms with Crippen molar-refractivity contribution in [3.05, 3.63) is 65.2 Å². The fraction of sp³-hybridized carbons (Fsp3) is 0.300. The number of benzene rings is 2. The van der Waals surface area contributed by atoms with Crippen LogP contribution in [0.5, 0.6) is 0 Å². The average Bonchev–Trinajstić information content (AvgIpc) is 2.53. The lowest BCUT2D eigenvalue weighted by molar-refractivity contribution is -0.121. The molecule has 4 nitrogen and oxygen atoms in total. The number of carbonyl (C=O) groups excluding carboxylic acids is 2. The molecule has 0 aliphatic heterocycles. The number of hydrogen-bond donors (Lipinski definition) is 1. The summed E-state index contributed by atoms with van der Waals surface area (Å²) in [6.07, 6.45) is 0.277. The van der Waals surface area contributed by atoms with E-state index < -0.39 is 0 Å². The Morgan fingerprint density at radius 3 is 2.21 bits per heavy atom. The fourth-order valence-electron chi connectivity index (χ4n) is 2.67. The summed E-state index contributed by atoms with van der Waals surface area (Å²) < 4.78 is 0. The molecule has 2 aromatic carbocycles. The van der Waals surface area contributed by atoms with E-state index in [0.717, 1.165) is 22.4 Å². The summed E-state index contributed by atoms with van der Waals surface area (Å²) in [6, 6.07) is 15.8. The van der Waals surface area contributed by atoms with E-state index in [9.17, 15) is 9.59 Å². The molecule has 1 N–H and O–H groups in total. The molecule has 2 amide bonds. The largest absolute Gasteiger partial charge is 0.352 e. The zero-order valence-corrected chi connectivity index (χ0v) is 14.5. The van der Waals surface area contributed by atoms with E-state index >= 15 is 0 Å². The minimum atomic E-state index is -0.0607.